The lowest BCUT2D eigenvalue weighted by Crippen LogP contribution is -2.37. The Morgan fingerprint density at radius 2 is 2.00 bits per heavy atom. The number of allylic oxidation sites excluding steroid dienone is 2. The molecule has 1 N–H and O–H groups in total. The van der Waals surface area contributed by atoms with Gasteiger partial charge in [-0.05, 0) is 6.08 Å². The molecule has 78 valence electrons. The first kappa shape index (κ1) is 10.5. The van der Waals surface area contributed by atoms with Gasteiger partial charge in [-0.3, -0.25) is 20.2 Å². The van der Waals surface area contributed by atoms with Crippen molar-refractivity contribution >= 4 is 5.71 Å². The van der Waals surface area contributed by atoms with Crippen molar-refractivity contribution in [1.82, 2.24) is 0 Å². The van der Waals surface area contributed by atoms with Crippen molar-refractivity contribution in [2.75, 3.05) is 0 Å². The summed E-state index contributed by atoms with van der Waals surface area (Å²) in [6.07, 6.45) is 1.64. The molecule has 9 nitrogen and oxygen atoms in total. The van der Waals surface area contributed by atoms with E-state index in [0.29, 0.717) is 0 Å². The highest BCUT2D eigenvalue weighted by Gasteiger charge is 2.49. The molecular weight excluding hydrogens is 208 g/mol. The van der Waals surface area contributed by atoms with Crippen LogP contribution in [0.3, 0.4) is 0 Å². The van der Waals surface area contributed by atoms with Gasteiger partial charge in [0.05, 0.1) is 4.92 Å². The van der Waals surface area contributed by atoms with Crippen molar-refractivity contribution in [3.05, 3.63) is 49.4 Å². The van der Waals surface area contributed by atoms with E-state index in [2.05, 4.69) is 4.79 Å². The maximum absolute atomic E-state index is 10.5. The highest BCUT2D eigenvalue weighted by Crippen LogP contribution is 2.16. The second kappa shape index (κ2) is 3.68. The minimum Gasteiger partial charge on any atom is -0.505 e. The van der Waals surface area contributed by atoms with Gasteiger partial charge < -0.3 is 10.6 Å². The molecule has 0 heterocycles. The van der Waals surface area contributed by atoms with Crippen molar-refractivity contribution in [3.63, 3.8) is 0 Å². The van der Waals surface area contributed by atoms with E-state index in [-0.39, 0.29) is 0 Å². The van der Waals surface area contributed by atoms with Crippen LogP contribution < -0.4 is 0 Å². The predicted molar refractivity (Wildman–Crippen MR) is 45.2 cm³/mol. The number of hydrogen-bond acceptors (Lipinski definition) is 5. The summed E-state index contributed by atoms with van der Waals surface area (Å²) in [6.45, 7) is 0. The summed E-state index contributed by atoms with van der Waals surface area (Å²) >= 11 is 0. The van der Waals surface area contributed by atoms with Gasteiger partial charge in [-0.2, -0.15) is 4.79 Å². The lowest BCUT2D eigenvalue weighted by atomic mass is 10.0. The van der Waals surface area contributed by atoms with Gasteiger partial charge in [-0.1, -0.05) is 0 Å². The number of nitrogens with zero attached hydrogens (tertiary/aromatic N) is 4. The Bertz CT molecular complexity index is 444. The van der Waals surface area contributed by atoms with Crippen LogP contribution in [0.25, 0.3) is 5.53 Å². The van der Waals surface area contributed by atoms with Gasteiger partial charge in [-0.15, -0.1) is 0 Å². The fourth-order valence-electron chi connectivity index (χ4n) is 1.09. The van der Waals surface area contributed by atoms with Gasteiger partial charge in [0, 0.05) is 11.0 Å². The maximum Gasteiger partial charge on any atom is 0.449 e. The molecule has 0 radical (unpaired) electrons. The van der Waals surface area contributed by atoms with E-state index in [1.807, 2.05) is 0 Å². The molecule has 9 heteroatoms. The second-order valence-corrected chi connectivity index (χ2v) is 2.57. The Hall–Kier alpha value is -2.54. The molecule has 1 atom stereocenters. The molecular formula is C6H4N4O5. The fraction of sp³-hybridized carbons (Fsp3) is 0.167. The number of aliphatic hydroxyl groups excluding tert-OH is 1. The van der Waals surface area contributed by atoms with Crippen molar-refractivity contribution in [2.45, 2.75) is 6.04 Å². The Morgan fingerprint density at radius 3 is 2.40 bits per heavy atom. The minimum atomic E-state index is -1.90. The smallest absolute Gasteiger partial charge is 0.449 e. The molecule has 0 saturated heterocycles. The molecule has 15 heavy (non-hydrogen) atoms. The maximum atomic E-state index is 10.5. The van der Waals surface area contributed by atoms with E-state index in [1.165, 1.54) is 0 Å². The Balaban J connectivity index is 3.33. The number of nitro groups is 2. The molecule has 1 aliphatic rings. The van der Waals surface area contributed by atoms with Crippen molar-refractivity contribution in [1.29, 1.82) is 0 Å². The van der Waals surface area contributed by atoms with Crippen LogP contribution in [0.15, 0.2) is 23.6 Å². The minimum absolute atomic E-state index is 0.724. The van der Waals surface area contributed by atoms with Crippen LogP contribution in [0.1, 0.15) is 0 Å². The molecule has 0 spiro atoms. The molecule has 1 rings (SSSR count). The zero-order valence-electron chi connectivity index (χ0n) is 7.10. The van der Waals surface area contributed by atoms with Gasteiger partial charge in [0.15, 0.2) is 5.76 Å². The first-order chi connectivity index (χ1) is 6.99. The first-order valence-electron chi connectivity index (χ1n) is 3.60. The Kier molecular flexibility index (Phi) is 2.59. The second-order valence-electron chi connectivity index (χ2n) is 2.57. The van der Waals surface area contributed by atoms with Crippen molar-refractivity contribution in [3.8, 4) is 0 Å². The van der Waals surface area contributed by atoms with E-state index in [4.69, 9.17) is 10.6 Å². The van der Waals surface area contributed by atoms with E-state index in [1.54, 1.807) is 0 Å². The molecule has 0 aliphatic heterocycles. The molecule has 1 aliphatic carbocycles. The topological polar surface area (TPSA) is 143 Å². The summed E-state index contributed by atoms with van der Waals surface area (Å²) in [6, 6.07) is -1.90. The summed E-state index contributed by atoms with van der Waals surface area (Å²) in [7, 11) is 0. The lowest BCUT2D eigenvalue weighted by molar-refractivity contribution is -0.503. The van der Waals surface area contributed by atoms with Crippen LogP contribution in [0.4, 0.5) is 0 Å². The fourth-order valence-corrected chi connectivity index (χ4v) is 1.09. The van der Waals surface area contributed by atoms with E-state index < -0.39 is 33.1 Å². The largest absolute Gasteiger partial charge is 0.505 e. The van der Waals surface area contributed by atoms with Gasteiger partial charge >= 0.3 is 17.5 Å². The monoisotopic (exact) mass is 212 g/mol. The van der Waals surface area contributed by atoms with Gasteiger partial charge in [-0.25, -0.2) is 0 Å². The summed E-state index contributed by atoms with van der Waals surface area (Å²) < 4.78 is 0. The van der Waals surface area contributed by atoms with Crippen LogP contribution in [0.5, 0.6) is 0 Å². The van der Waals surface area contributed by atoms with E-state index >= 15 is 0 Å². The van der Waals surface area contributed by atoms with Crippen LogP contribution in [0, 0.1) is 20.2 Å². The molecule has 1 unspecified atom stereocenters. The quantitative estimate of drug-likeness (QED) is 0.294. The molecule has 0 aromatic rings. The number of rotatable bonds is 2. The SMILES string of the molecule is [N-]=[N+]=C1C([N+](=O)[O-])=CC=C(O)C1[N+](=O)[O-]. The summed E-state index contributed by atoms with van der Waals surface area (Å²) in [5.41, 5.74) is 6.92. The lowest BCUT2D eigenvalue weighted by Gasteiger charge is -2.05. The van der Waals surface area contributed by atoms with Crippen molar-refractivity contribution in [2.24, 2.45) is 0 Å². The number of aliphatic hydroxyl groups is 1. The van der Waals surface area contributed by atoms with Crippen LogP contribution in [-0.4, -0.2) is 31.5 Å². The summed E-state index contributed by atoms with van der Waals surface area (Å²) in [5.74, 6) is -0.724. The third-order valence-corrected chi connectivity index (χ3v) is 1.73. The predicted octanol–water partition coefficient (Wildman–Crippen LogP) is -0.0814. The number of hydrogen-bond donors (Lipinski definition) is 1. The molecule has 0 bridgehead atoms. The van der Waals surface area contributed by atoms with Crippen LogP contribution >= 0.6 is 0 Å². The van der Waals surface area contributed by atoms with Gasteiger partial charge in [0.1, 0.15) is 0 Å². The normalized spacial score (nSPS) is 20.0. The third-order valence-electron chi connectivity index (χ3n) is 1.73. The van der Waals surface area contributed by atoms with Gasteiger partial charge in [0.2, 0.25) is 0 Å². The van der Waals surface area contributed by atoms with Crippen LogP contribution in [-0.2, 0) is 0 Å². The van der Waals surface area contributed by atoms with Crippen LogP contribution in [0.2, 0.25) is 0 Å². The molecule has 0 fully saturated rings. The third kappa shape index (κ3) is 1.71. The molecule has 0 aromatic carbocycles. The Morgan fingerprint density at radius 1 is 1.40 bits per heavy atom. The van der Waals surface area contributed by atoms with E-state index in [0.717, 1.165) is 12.2 Å². The van der Waals surface area contributed by atoms with Crippen molar-refractivity contribution < 1.29 is 19.7 Å². The Labute approximate surface area is 81.9 Å². The highest BCUT2D eigenvalue weighted by atomic mass is 16.6. The van der Waals surface area contributed by atoms with Gasteiger partial charge in [0.25, 0.3) is 0 Å². The molecule has 0 aromatic heterocycles. The average Bonchev–Trinajstić information content (AvgIpc) is 2.15. The molecule has 0 amide bonds. The summed E-state index contributed by atoms with van der Waals surface area (Å²) in [5, 5.41) is 30.0. The highest BCUT2D eigenvalue weighted by molar-refractivity contribution is 6.00. The first-order valence-corrected chi connectivity index (χ1v) is 3.60. The zero-order chi connectivity index (χ0) is 11.6. The summed E-state index contributed by atoms with van der Waals surface area (Å²) in [4.78, 5) is 21.4. The van der Waals surface area contributed by atoms with E-state index in [9.17, 15) is 20.2 Å². The zero-order valence-corrected chi connectivity index (χ0v) is 7.10. The average molecular weight is 212 g/mol. The standard InChI is InChI=1S/C6H4N4O5/c7-8-5-3(9(12)13)1-2-4(11)6(5)10(14)15/h1-2,6,11H. The molecule has 0 saturated carbocycles.